The number of nitrogens with zero attached hydrogens (tertiary/aromatic N) is 5. The monoisotopic (exact) mass is 445 g/mol. The van der Waals surface area contributed by atoms with Crippen LogP contribution in [-0.4, -0.2) is 43.6 Å². The molecule has 0 atom stereocenters. The molecular formula is C20H20ClN5OS2. The van der Waals surface area contributed by atoms with Crippen LogP contribution in [0.1, 0.15) is 48.5 Å². The molecule has 6 nitrogen and oxygen atoms in total. The van der Waals surface area contributed by atoms with Crippen molar-refractivity contribution in [1.29, 1.82) is 0 Å². The molecule has 3 aromatic heterocycles. The molecule has 5 rings (SSSR count). The van der Waals surface area contributed by atoms with Crippen LogP contribution in [0.25, 0.3) is 10.7 Å². The fraction of sp³-hybridized carbons (Fsp3) is 0.400. The van der Waals surface area contributed by atoms with Gasteiger partial charge in [-0.05, 0) is 61.4 Å². The van der Waals surface area contributed by atoms with E-state index in [2.05, 4.69) is 25.8 Å². The number of aromatic nitrogens is 4. The van der Waals surface area contributed by atoms with Gasteiger partial charge in [-0.3, -0.25) is 9.36 Å². The van der Waals surface area contributed by atoms with Gasteiger partial charge < -0.3 is 4.90 Å². The van der Waals surface area contributed by atoms with E-state index in [-0.39, 0.29) is 5.91 Å². The van der Waals surface area contributed by atoms with E-state index in [4.69, 9.17) is 11.6 Å². The van der Waals surface area contributed by atoms with E-state index >= 15 is 0 Å². The zero-order valence-electron chi connectivity index (χ0n) is 15.8. The molecule has 0 aromatic carbocycles. The van der Waals surface area contributed by atoms with E-state index in [1.807, 2.05) is 16.3 Å². The summed E-state index contributed by atoms with van der Waals surface area (Å²) in [6.45, 7) is 1.62. The van der Waals surface area contributed by atoms with E-state index in [1.54, 1.807) is 23.6 Å². The number of hydrogen-bond acceptors (Lipinski definition) is 6. The van der Waals surface area contributed by atoms with Crippen LogP contribution < -0.4 is 0 Å². The zero-order valence-corrected chi connectivity index (χ0v) is 18.1. The van der Waals surface area contributed by atoms with Gasteiger partial charge in [0, 0.05) is 25.3 Å². The average Bonchev–Trinajstić information content (AvgIpc) is 3.27. The predicted octanol–water partition coefficient (Wildman–Crippen LogP) is 5.17. The van der Waals surface area contributed by atoms with Crippen LogP contribution in [0.5, 0.6) is 0 Å². The molecule has 1 saturated heterocycles. The summed E-state index contributed by atoms with van der Waals surface area (Å²) in [7, 11) is 0. The number of likely N-dealkylation sites (tertiary alicyclic amines) is 1. The summed E-state index contributed by atoms with van der Waals surface area (Å²) in [4.78, 5) is 20.2. The second-order valence-corrected chi connectivity index (χ2v) is 9.66. The first-order valence-electron chi connectivity index (χ1n) is 9.82. The Hall–Kier alpha value is -1.90. The molecule has 9 heteroatoms. The minimum Gasteiger partial charge on any atom is -0.339 e. The molecule has 0 bridgehead atoms. The standard InChI is InChI=1S/C20H20ClN5OS2/c21-15-11-13(19(27)25-8-2-1-3-9-25)12-22-18(15)29-20-24-23-17(16-5-4-10-28-16)26(20)14-6-7-14/h4-5,10-12,14H,1-3,6-9H2. The number of hydrogen-bond donors (Lipinski definition) is 0. The Morgan fingerprint density at radius 3 is 2.72 bits per heavy atom. The molecule has 150 valence electrons. The van der Waals surface area contributed by atoms with E-state index < -0.39 is 0 Å². The fourth-order valence-electron chi connectivity index (χ4n) is 3.57. The lowest BCUT2D eigenvalue weighted by Gasteiger charge is -2.26. The molecule has 1 aliphatic carbocycles. The zero-order chi connectivity index (χ0) is 19.8. The second-order valence-electron chi connectivity index (χ2n) is 7.35. The predicted molar refractivity (Wildman–Crippen MR) is 115 cm³/mol. The highest BCUT2D eigenvalue weighted by Gasteiger charge is 2.31. The SMILES string of the molecule is O=C(c1cnc(Sc2nnc(-c3cccs3)n2C2CC2)c(Cl)c1)N1CCCCC1. The summed E-state index contributed by atoms with van der Waals surface area (Å²) in [6, 6.07) is 6.25. The molecule has 1 amide bonds. The molecule has 1 aliphatic heterocycles. The van der Waals surface area contributed by atoms with Crippen molar-refractivity contribution >= 4 is 40.6 Å². The van der Waals surface area contributed by atoms with Crippen molar-refractivity contribution in [1.82, 2.24) is 24.6 Å². The first kappa shape index (κ1) is 19.1. The molecule has 29 heavy (non-hydrogen) atoms. The first-order chi connectivity index (χ1) is 14.2. The molecule has 2 fully saturated rings. The number of thiophene rings is 1. The van der Waals surface area contributed by atoms with Gasteiger partial charge in [-0.2, -0.15) is 0 Å². The molecule has 1 saturated carbocycles. The van der Waals surface area contributed by atoms with Crippen LogP contribution >= 0.6 is 34.7 Å². The number of rotatable bonds is 5. The highest BCUT2D eigenvalue weighted by molar-refractivity contribution is 7.99. The van der Waals surface area contributed by atoms with Crippen molar-refractivity contribution in [3.63, 3.8) is 0 Å². The third kappa shape index (κ3) is 3.93. The van der Waals surface area contributed by atoms with Crippen molar-refractivity contribution in [3.8, 4) is 10.7 Å². The fourth-order valence-corrected chi connectivity index (χ4v) is 5.40. The molecule has 0 radical (unpaired) electrons. The van der Waals surface area contributed by atoms with E-state index in [1.165, 1.54) is 18.2 Å². The summed E-state index contributed by atoms with van der Waals surface area (Å²) in [5.41, 5.74) is 0.546. The van der Waals surface area contributed by atoms with Gasteiger partial charge in [0.1, 0.15) is 5.03 Å². The number of carbonyl (C=O) groups excluding carboxylic acids is 1. The van der Waals surface area contributed by atoms with Crippen molar-refractivity contribution in [2.45, 2.75) is 48.3 Å². The van der Waals surface area contributed by atoms with Gasteiger partial charge in [-0.25, -0.2) is 4.98 Å². The quantitative estimate of drug-likeness (QED) is 0.542. The van der Waals surface area contributed by atoms with Crippen LogP contribution in [0.15, 0.2) is 40.0 Å². The molecule has 0 N–H and O–H groups in total. The van der Waals surface area contributed by atoms with Gasteiger partial charge in [0.25, 0.3) is 5.91 Å². The van der Waals surface area contributed by atoms with Crippen LogP contribution in [0, 0.1) is 0 Å². The number of carbonyl (C=O) groups is 1. The van der Waals surface area contributed by atoms with Crippen molar-refractivity contribution in [3.05, 3.63) is 40.4 Å². The van der Waals surface area contributed by atoms with Crippen LogP contribution in [0.2, 0.25) is 5.02 Å². The minimum atomic E-state index is 0.0109. The maximum absolute atomic E-state index is 12.7. The lowest BCUT2D eigenvalue weighted by molar-refractivity contribution is 0.0724. The summed E-state index contributed by atoms with van der Waals surface area (Å²) in [5, 5.41) is 12.8. The number of pyridine rings is 1. The number of amides is 1. The summed E-state index contributed by atoms with van der Waals surface area (Å²) in [5.74, 6) is 0.912. The Morgan fingerprint density at radius 1 is 1.21 bits per heavy atom. The maximum Gasteiger partial charge on any atom is 0.255 e. The van der Waals surface area contributed by atoms with Gasteiger partial charge in [-0.15, -0.1) is 21.5 Å². The smallest absolute Gasteiger partial charge is 0.255 e. The van der Waals surface area contributed by atoms with E-state index in [0.29, 0.717) is 21.7 Å². The molecule has 0 unspecified atom stereocenters. The Bertz CT molecular complexity index is 1030. The normalized spacial score (nSPS) is 16.9. The average molecular weight is 446 g/mol. The van der Waals surface area contributed by atoms with E-state index in [0.717, 1.165) is 54.6 Å². The Kier molecular flexibility index (Phi) is 5.32. The van der Waals surface area contributed by atoms with Gasteiger partial charge in [0.2, 0.25) is 0 Å². The van der Waals surface area contributed by atoms with Gasteiger partial charge in [0.05, 0.1) is 15.5 Å². The first-order valence-corrected chi connectivity index (χ1v) is 11.9. The highest BCUT2D eigenvalue weighted by atomic mass is 35.5. The molecule has 0 spiro atoms. The third-order valence-electron chi connectivity index (χ3n) is 5.20. The van der Waals surface area contributed by atoms with Gasteiger partial charge in [0.15, 0.2) is 11.0 Å². The van der Waals surface area contributed by atoms with Crippen molar-refractivity contribution in [2.24, 2.45) is 0 Å². The van der Waals surface area contributed by atoms with E-state index in [9.17, 15) is 4.79 Å². The van der Waals surface area contributed by atoms with Crippen molar-refractivity contribution in [2.75, 3.05) is 13.1 Å². The molecular weight excluding hydrogens is 426 g/mol. The van der Waals surface area contributed by atoms with Crippen molar-refractivity contribution < 1.29 is 4.79 Å². The maximum atomic E-state index is 12.7. The summed E-state index contributed by atoms with van der Waals surface area (Å²) < 4.78 is 2.20. The third-order valence-corrected chi connectivity index (χ3v) is 7.45. The Labute approximate surface area is 182 Å². The minimum absolute atomic E-state index is 0.0109. The largest absolute Gasteiger partial charge is 0.339 e. The molecule has 3 aromatic rings. The lowest BCUT2D eigenvalue weighted by atomic mass is 10.1. The number of halogens is 1. The van der Waals surface area contributed by atoms with Crippen LogP contribution in [-0.2, 0) is 0 Å². The lowest BCUT2D eigenvalue weighted by Crippen LogP contribution is -2.35. The van der Waals surface area contributed by atoms with Gasteiger partial charge in [-0.1, -0.05) is 17.7 Å². The van der Waals surface area contributed by atoms with Gasteiger partial charge >= 0.3 is 0 Å². The highest BCUT2D eigenvalue weighted by Crippen LogP contribution is 2.43. The van der Waals surface area contributed by atoms with Crippen LogP contribution in [0.3, 0.4) is 0 Å². The topological polar surface area (TPSA) is 63.9 Å². The Balaban J connectivity index is 1.39. The van der Waals surface area contributed by atoms with Crippen LogP contribution in [0.4, 0.5) is 0 Å². The summed E-state index contributed by atoms with van der Waals surface area (Å²) in [6.07, 6.45) is 7.20. The second kappa shape index (κ2) is 8.08. The Morgan fingerprint density at radius 2 is 2.03 bits per heavy atom. The summed E-state index contributed by atoms with van der Waals surface area (Å²) >= 11 is 9.58. The number of piperidine rings is 1. The molecule has 2 aliphatic rings. The molecule has 4 heterocycles.